The molecule has 1 atom stereocenters. The van der Waals surface area contributed by atoms with Crippen LogP contribution in [0.25, 0.3) is 11.1 Å². The van der Waals surface area contributed by atoms with Crippen molar-refractivity contribution in [2.45, 2.75) is 37.4 Å². The number of carboxylic acid groups (broad SMARTS) is 1. The van der Waals surface area contributed by atoms with Crippen molar-refractivity contribution < 1.29 is 14.6 Å². The van der Waals surface area contributed by atoms with E-state index in [1.54, 1.807) is 0 Å². The Morgan fingerprint density at radius 2 is 1.54 bits per heavy atom. The summed E-state index contributed by atoms with van der Waals surface area (Å²) in [5.41, 5.74) is 2.38. The Bertz CT molecular complexity index is 611. The third kappa shape index (κ3) is 6.28. The summed E-state index contributed by atoms with van der Waals surface area (Å²) < 4.78 is 5.75. The van der Waals surface area contributed by atoms with Gasteiger partial charge in [-0.1, -0.05) is 61.7 Å². The Kier molecular flexibility index (Phi) is 7.69. The standard InChI is InChI=1S/C20H24O3S/c21-20(22)19(24)10-6-1-2-7-15-23-18-13-11-17(12-14-18)16-8-4-3-5-9-16/h3-5,8-9,11-14,19,24H,1-2,6-7,10,15H2,(H,21,22). The summed E-state index contributed by atoms with van der Waals surface area (Å²) >= 11 is 4.03. The van der Waals surface area contributed by atoms with E-state index in [1.807, 2.05) is 30.3 Å². The summed E-state index contributed by atoms with van der Waals surface area (Å²) in [6.07, 6.45) is 4.56. The lowest BCUT2D eigenvalue weighted by molar-refractivity contribution is -0.136. The summed E-state index contributed by atoms with van der Waals surface area (Å²) in [7, 11) is 0. The average molecular weight is 344 g/mol. The van der Waals surface area contributed by atoms with Gasteiger partial charge in [-0.05, 0) is 36.1 Å². The van der Waals surface area contributed by atoms with Crippen LogP contribution >= 0.6 is 12.6 Å². The zero-order chi connectivity index (χ0) is 17.2. The van der Waals surface area contributed by atoms with E-state index in [1.165, 1.54) is 11.1 Å². The molecule has 0 aliphatic rings. The molecule has 0 fully saturated rings. The number of hydrogen-bond donors (Lipinski definition) is 2. The second-order valence-electron chi connectivity index (χ2n) is 5.80. The lowest BCUT2D eigenvalue weighted by Crippen LogP contribution is -2.12. The van der Waals surface area contributed by atoms with Gasteiger partial charge >= 0.3 is 5.97 Å². The van der Waals surface area contributed by atoms with Gasteiger partial charge in [-0.25, -0.2) is 0 Å². The van der Waals surface area contributed by atoms with Gasteiger partial charge < -0.3 is 9.84 Å². The Morgan fingerprint density at radius 3 is 2.21 bits per heavy atom. The highest BCUT2D eigenvalue weighted by Crippen LogP contribution is 2.22. The first-order chi connectivity index (χ1) is 11.7. The van der Waals surface area contributed by atoms with E-state index in [0.717, 1.165) is 31.4 Å². The van der Waals surface area contributed by atoms with Crippen LogP contribution in [0.3, 0.4) is 0 Å². The lowest BCUT2D eigenvalue weighted by Gasteiger charge is -2.08. The smallest absolute Gasteiger partial charge is 0.316 e. The molecule has 2 aromatic carbocycles. The lowest BCUT2D eigenvalue weighted by atomic mass is 10.1. The summed E-state index contributed by atoms with van der Waals surface area (Å²) in [5.74, 6) is 0.0524. The Hall–Kier alpha value is -1.94. The zero-order valence-electron chi connectivity index (χ0n) is 13.7. The van der Waals surface area contributed by atoms with Crippen molar-refractivity contribution in [3.05, 3.63) is 54.6 Å². The topological polar surface area (TPSA) is 46.5 Å². The molecule has 1 N–H and O–H groups in total. The molecule has 0 radical (unpaired) electrons. The first-order valence-corrected chi connectivity index (χ1v) is 8.87. The van der Waals surface area contributed by atoms with Crippen molar-refractivity contribution in [2.75, 3.05) is 6.61 Å². The van der Waals surface area contributed by atoms with Crippen LogP contribution in [0.15, 0.2) is 54.6 Å². The molecule has 2 rings (SSSR count). The van der Waals surface area contributed by atoms with Crippen LogP contribution in [-0.2, 0) is 4.79 Å². The van der Waals surface area contributed by atoms with Crippen molar-refractivity contribution >= 4 is 18.6 Å². The summed E-state index contributed by atoms with van der Waals surface area (Å²) in [6.45, 7) is 0.688. The summed E-state index contributed by atoms with van der Waals surface area (Å²) in [6, 6.07) is 18.4. The molecule has 0 aromatic heterocycles. The fraction of sp³-hybridized carbons (Fsp3) is 0.350. The van der Waals surface area contributed by atoms with E-state index in [2.05, 4.69) is 36.9 Å². The molecule has 24 heavy (non-hydrogen) atoms. The average Bonchev–Trinajstić information content (AvgIpc) is 2.62. The van der Waals surface area contributed by atoms with Crippen LogP contribution in [0.1, 0.15) is 32.1 Å². The molecule has 2 aromatic rings. The molecule has 0 bridgehead atoms. The molecule has 3 nitrogen and oxygen atoms in total. The molecule has 0 aliphatic carbocycles. The predicted octanol–water partition coefficient (Wildman–Crippen LogP) is 5.07. The Labute approximate surface area is 149 Å². The second-order valence-corrected chi connectivity index (χ2v) is 6.42. The van der Waals surface area contributed by atoms with E-state index in [9.17, 15) is 4.79 Å². The summed E-state index contributed by atoms with van der Waals surface area (Å²) in [4.78, 5) is 10.6. The monoisotopic (exact) mass is 344 g/mol. The molecule has 0 heterocycles. The minimum atomic E-state index is -0.833. The van der Waals surface area contributed by atoms with Gasteiger partial charge in [-0.15, -0.1) is 0 Å². The fourth-order valence-electron chi connectivity index (χ4n) is 2.48. The summed E-state index contributed by atoms with van der Waals surface area (Å²) in [5, 5.41) is 8.21. The first-order valence-electron chi connectivity index (χ1n) is 8.36. The molecule has 128 valence electrons. The largest absolute Gasteiger partial charge is 0.494 e. The van der Waals surface area contributed by atoms with Gasteiger partial charge in [0.05, 0.1) is 11.9 Å². The van der Waals surface area contributed by atoms with Crippen molar-refractivity contribution in [2.24, 2.45) is 0 Å². The van der Waals surface area contributed by atoms with Crippen LogP contribution in [-0.4, -0.2) is 22.9 Å². The van der Waals surface area contributed by atoms with Gasteiger partial charge in [-0.3, -0.25) is 4.79 Å². The quantitative estimate of drug-likeness (QED) is 0.467. The number of benzene rings is 2. The number of unbranched alkanes of at least 4 members (excludes halogenated alkanes) is 3. The molecule has 0 aliphatic heterocycles. The van der Waals surface area contributed by atoms with Gasteiger partial charge in [0.25, 0.3) is 0 Å². The van der Waals surface area contributed by atoms with E-state index >= 15 is 0 Å². The number of carbonyl (C=O) groups is 1. The minimum absolute atomic E-state index is 0.538. The van der Waals surface area contributed by atoms with Crippen LogP contribution in [0, 0.1) is 0 Å². The van der Waals surface area contributed by atoms with Gasteiger partial charge in [0.1, 0.15) is 5.75 Å². The number of thiol groups is 1. The van der Waals surface area contributed by atoms with Gasteiger partial charge in [0, 0.05) is 0 Å². The van der Waals surface area contributed by atoms with Gasteiger partial charge in [0.2, 0.25) is 0 Å². The number of hydrogen-bond acceptors (Lipinski definition) is 3. The fourth-order valence-corrected chi connectivity index (χ4v) is 2.66. The van der Waals surface area contributed by atoms with Crippen molar-refractivity contribution in [3.63, 3.8) is 0 Å². The van der Waals surface area contributed by atoms with E-state index in [-0.39, 0.29) is 0 Å². The highest BCUT2D eigenvalue weighted by atomic mass is 32.1. The maximum absolute atomic E-state index is 10.6. The first kappa shape index (κ1) is 18.4. The number of carboxylic acids is 1. The third-order valence-electron chi connectivity index (χ3n) is 3.89. The minimum Gasteiger partial charge on any atom is -0.494 e. The molecule has 0 amide bonds. The van der Waals surface area contributed by atoms with Crippen LogP contribution in [0.4, 0.5) is 0 Å². The molecule has 0 saturated carbocycles. The molecular formula is C20H24O3S. The van der Waals surface area contributed by atoms with Crippen molar-refractivity contribution in [1.29, 1.82) is 0 Å². The Balaban J connectivity index is 1.62. The molecule has 4 heteroatoms. The van der Waals surface area contributed by atoms with E-state index < -0.39 is 11.2 Å². The van der Waals surface area contributed by atoms with Crippen molar-refractivity contribution in [1.82, 2.24) is 0 Å². The van der Waals surface area contributed by atoms with E-state index in [4.69, 9.17) is 9.84 Å². The van der Waals surface area contributed by atoms with Gasteiger partial charge in [-0.2, -0.15) is 12.6 Å². The SMILES string of the molecule is O=C(O)C(S)CCCCCCOc1ccc(-c2ccccc2)cc1. The van der Waals surface area contributed by atoms with E-state index in [0.29, 0.717) is 13.0 Å². The maximum atomic E-state index is 10.6. The molecule has 1 unspecified atom stereocenters. The maximum Gasteiger partial charge on any atom is 0.316 e. The third-order valence-corrected chi connectivity index (χ3v) is 4.37. The molecule has 0 spiro atoms. The number of rotatable bonds is 10. The normalized spacial score (nSPS) is 11.9. The number of ether oxygens (including phenoxy) is 1. The van der Waals surface area contributed by atoms with Crippen LogP contribution in [0.2, 0.25) is 0 Å². The van der Waals surface area contributed by atoms with Crippen molar-refractivity contribution in [3.8, 4) is 16.9 Å². The zero-order valence-corrected chi connectivity index (χ0v) is 14.6. The highest BCUT2D eigenvalue weighted by Gasteiger charge is 2.10. The number of aliphatic carboxylic acids is 1. The van der Waals surface area contributed by atoms with Crippen LogP contribution < -0.4 is 4.74 Å². The van der Waals surface area contributed by atoms with Crippen LogP contribution in [0.5, 0.6) is 5.75 Å². The highest BCUT2D eigenvalue weighted by molar-refractivity contribution is 7.81. The molecular weight excluding hydrogens is 320 g/mol. The van der Waals surface area contributed by atoms with Gasteiger partial charge in [0.15, 0.2) is 0 Å². The molecule has 0 saturated heterocycles. The predicted molar refractivity (Wildman–Crippen MR) is 101 cm³/mol. The Morgan fingerprint density at radius 1 is 0.917 bits per heavy atom. The second kappa shape index (κ2) is 10.0.